The van der Waals surface area contributed by atoms with Crippen LogP contribution in [0.3, 0.4) is 0 Å². The predicted molar refractivity (Wildman–Crippen MR) is 76.6 cm³/mol. The van der Waals surface area contributed by atoms with Crippen molar-refractivity contribution in [3.05, 3.63) is 41.3 Å². The molecule has 0 saturated carbocycles. The normalized spacial score (nSPS) is 16.4. The number of fused-ring (bicyclic) bond motifs is 1. The number of anilines is 1. The third kappa shape index (κ3) is 2.49. The van der Waals surface area contributed by atoms with Gasteiger partial charge in [-0.2, -0.15) is 0 Å². The molecule has 1 aliphatic heterocycles. The first-order valence-electron chi connectivity index (χ1n) is 6.31. The molecule has 5 nitrogen and oxygen atoms in total. The van der Waals surface area contributed by atoms with E-state index in [0.717, 1.165) is 12.2 Å². The zero-order chi connectivity index (χ0) is 13.9. The van der Waals surface area contributed by atoms with E-state index in [1.807, 2.05) is 18.2 Å². The Kier molecular flexibility index (Phi) is 3.60. The molecule has 0 aliphatic carbocycles. The summed E-state index contributed by atoms with van der Waals surface area (Å²) in [5.74, 6) is 1.98. The molecule has 1 unspecified atom stereocenters. The van der Waals surface area contributed by atoms with Crippen LogP contribution >= 0.6 is 11.6 Å². The number of para-hydroxylation sites is 1. The maximum Gasteiger partial charge on any atom is 0.198 e. The molecule has 20 heavy (non-hydrogen) atoms. The van der Waals surface area contributed by atoms with Crippen LogP contribution in [0.2, 0.25) is 5.15 Å². The van der Waals surface area contributed by atoms with E-state index in [-0.39, 0.29) is 6.10 Å². The van der Waals surface area contributed by atoms with Crippen LogP contribution in [0.25, 0.3) is 0 Å². The van der Waals surface area contributed by atoms with Crippen molar-refractivity contribution < 1.29 is 9.47 Å². The smallest absolute Gasteiger partial charge is 0.198 e. The van der Waals surface area contributed by atoms with Crippen LogP contribution in [-0.2, 0) is 6.42 Å². The third-order valence-electron chi connectivity index (χ3n) is 3.18. The Labute approximate surface area is 121 Å². The quantitative estimate of drug-likeness (QED) is 0.878. The molecule has 1 aromatic heterocycles. The predicted octanol–water partition coefficient (Wildman–Crippen LogP) is 2.55. The highest BCUT2D eigenvalue weighted by molar-refractivity contribution is 6.31. The van der Waals surface area contributed by atoms with Crippen molar-refractivity contribution in [1.29, 1.82) is 0 Å². The highest BCUT2D eigenvalue weighted by Gasteiger charge is 2.22. The van der Waals surface area contributed by atoms with E-state index >= 15 is 0 Å². The summed E-state index contributed by atoms with van der Waals surface area (Å²) in [5.41, 5.74) is 1.23. The number of hydrogen-bond acceptors (Lipinski definition) is 5. The van der Waals surface area contributed by atoms with E-state index in [1.54, 1.807) is 0 Å². The van der Waals surface area contributed by atoms with Gasteiger partial charge in [0.15, 0.2) is 16.7 Å². The number of nitrogens with zero attached hydrogens (tertiary/aromatic N) is 2. The standard InChI is InChI=1S/C14H14ClN3O2/c1-19-12-13(15)17-8-18-14(12)16-7-10-6-9-4-2-3-5-11(9)20-10/h2-5,8,10H,6-7H2,1H3,(H,16,17,18). The molecule has 0 saturated heterocycles. The van der Waals surface area contributed by atoms with Gasteiger partial charge in [-0.05, 0) is 11.6 Å². The Morgan fingerprint density at radius 3 is 3.05 bits per heavy atom. The maximum absolute atomic E-state index is 5.95. The molecule has 0 radical (unpaired) electrons. The molecule has 0 spiro atoms. The second-order valence-electron chi connectivity index (χ2n) is 4.48. The number of hydrogen-bond donors (Lipinski definition) is 1. The zero-order valence-corrected chi connectivity index (χ0v) is 11.7. The number of methoxy groups -OCH3 is 1. The van der Waals surface area contributed by atoms with Crippen molar-refractivity contribution >= 4 is 17.4 Å². The molecule has 104 valence electrons. The van der Waals surface area contributed by atoms with Crippen LogP contribution in [0.4, 0.5) is 5.82 Å². The Morgan fingerprint density at radius 1 is 1.40 bits per heavy atom. The molecule has 6 heteroatoms. The second kappa shape index (κ2) is 5.54. The first-order valence-corrected chi connectivity index (χ1v) is 6.68. The average molecular weight is 292 g/mol. The molecule has 3 rings (SSSR count). The van der Waals surface area contributed by atoms with Crippen LogP contribution in [0, 0.1) is 0 Å². The monoisotopic (exact) mass is 291 g/mol. The van der Waals surface area contributed by atoms with Gasteiger partial charge in [-0.15, -0.1) is 0 Å². The van der Waals surface area contributed by atoms with Gasteiger partial charge in [0.05, 0.1) is 13.7 Å². The van der Waals surface area contributed by atoms with Gasteiger partial charge in [-0.3, -0.25) is 0 Å². The molecular weight excluding hydrogens is 278 g/mol. The lowest BCUT2D eigenvalue weighted by atomic mass is 10.1. The minimum absolute atomic E-state index is 0.0749. The van der Waals surface area contributed by atoms with E-state index in [0.29, 0.717) is 23.3 Å². The molecule has 0 fully saturated rings. The summed E-state index contributed by atoms with van der Waals surface area (Å²) in [6, 6.07) is 8.06. The summed E-state index contributed by atoms with van der Waals surface area (Å²) in [7, 11) is 1.54. The first-order chi connectivity index (χ1) is 9.78. The van der Waals surface area contributed by atoms with Gasteiger partial charge in [0.2, 0.25) is 0 Å². The lowest BCUT2D eigenvalue weighted by Crippen LogP contribution is -2.24. The highest BCUT2D eigenvalue weighted by atomic mass is 35.5. The Balaban J connectivity index is 1.66. The number of benzene rings is 1. The molecule has 1 N–H and O–H groups in total. The van der Waals surface area contributed by atoms with Crippen LogP contribution in [-0.4, -0.2) is 29.7 Å². The zero-order valence-electron chi connectivity index (χ0n) is 11.0. The SMILES string of the molecule is COc1c(Cl)ncnc1NCC1Cc2ccccc2O1. The molecule has 1 aliphatic rings. The van der Waals surface area contributed by atoms with Crippen LogP contribution in [0.1, 0.15) is 5.56 Å². The molecule has 2 heterocycles. The van der Waals surface area contributed by atoms with E-state index in [2.05, 4.69) is 21.4 Å². The van der Waals surface area contributed by atoms with E-state index in [9.17, 15) is 0 Å². The lowest BCUT2D eigenvalue weighted by Gasteiger charge is -2.14. The molecule has 1 aromatic carbocycles. The summed E-state index contributed by atoms with van der Waals surface area (Å²) < 4.78 is 11.0. The molecule has 1 atom stereocenters. The van der Waals surface area contributed by atoms with E-state index < -0.39 is 0 Å². The highest BCUT2D eigenvalue weighted by Crippen LogP contribution is 2.30. The topological polar surface area (TPSA) is 56.3 Å². The van der Waals surface area contributed by atoms with Gasteiger partial charge >= 0.3 is 0 Å². The molecule has 0 amide bonds. The fourth-order valence-corrected chi connectivity index (χ4v) is 2.45. The third-order valence-corrected chi connectivity index (χ3v) is 3.44. The van der Waals surface area contributed by atoms with Gasteiger partial charge in [-0.1, -0.05) is 29.8 Å². The van der Waals surface area contributed by atoms with Crippen molar-refractivity contribution in [3.63, 3.8) is 0 Å². The summed E-state index contributed by atoms with van der Waals surface area (Å²) in [5, 5.41) is 3.49. The number of rotatable bonds is 4. The Hall–Kier alpha value is -2.01. The summed E-state index contributed by atoms with van der Waals surface area (Å²) >= 11 is 5.95. The average Bonchev–Trinajstić information content (AvgIpc) is 2.88. The van der Waals surface area contributed by atoms with Crippen LogP contribution in [0.5, 0.6) is 11.5 Å². The maximum atomic E-state index is 5.95. The summed E-state index contributed by atoms with van der Waals surface area (Å²) in [4.78, 5) is 8.01. The fourth-order valence-electron chi connectivity index (χ4n) is 2.24. The number of nitrogens with one attached hydrogen (secondary N) is 1. The van der Waals surface area contributed by atoms with Crippen LogP contribution in [0.15, 0.2) is 30.6 Å². The van der Waals surface area contributed by atoms with Gasteiger partial charge < -0.3 is 14.8 Å². The van der Waals surface area contributed by atoms with Crippen molar-refractivity contribution in [2.45, 2.75) is 12.5 Å². The Morgan fingerprint density at radius 2 is 2.25 bits per heavy atom. The van der Waals surface area contributed by atoms with Crippen molar-refractivity contribution in [2.24, 2.45) is 0 Å². The minimum Gasteiger partial charge on any atom is -0.490 e. The second-order valence-corrected chi connectivity index (χ2v) is 4.84. The number of aromatic nitrogens is 2. The van der Waals surface area contributed by atoms with Crippen LogP contribution < -0.4 is 14.8 Å². The van der Waals surface area contributed by atoms with Crippen molar-refractivity contribution in [3.8, 4) is 11.5 Å². The molecular formula is C14H14ClN3O2. The van der Waals surface area contributed by atoms with Gasteiger partial charge in [0.1, 0.15) is 18.2 Å². The molecule has 0 bridgehead atoms. The number of ether oxygens (including phenoxy) is 2. The van der Waals surface area contributed by atoms with Crippen molar-refractivity contribution in [1.82, 2.24) is 9.97 Å². The Bertz CT molecular complexity index is 596. The van der Waals surface area contributed by atoms with Gasteiger partial charge in [0.25, 0.3) is 0 Å². The minimum atomic E-state index is 0.0749. The lowest BCUT2D eigenvalue weighted by molar-refractivity contribution is 0.246. The fraction of sp³-hybridized carbons (Fsp3) is 0.286. The summed E-state index contributed by atoms with van der Waals surface area (Å²) in [6.07, 6.45) is 2.35. The first kappa shape index (κ1) is 13.0. The molecule has 2 aromatic rings. The van der Waals surface area contributed by atoms with Gasteiger partial charge in [-0.25, -0.2) is 9.97 Å². The van der Waals surface area contributed by atoms with Gasteiger partial charge in [0, 0.05) is 6.42 Å². The number of halogens is 1. The van der Waals surface area contributed by atoms with E-state index in [4.69, 9.17) is 21.1 Å². The van der Waals surface area contributed by atoms with E-state index in [1.165, 1.54) is 19.0 Å². The summed E-state index contributed by atoms with van der Waals surface area (Å²) in [6.45, 7) is 0.623. The van der Waals surface area contributed by atoms with Crippen molar-refractivity contribution in [2.75, 3.05) is 19.0 Å². The largest absolute Gasteiger partial charge is 0.490 e.